The summed E-state index contributed by atoms with van der Waals surface area (Å²) in [5.41, 5.74) is 14.7. The Labute approximate surface area is 553 Å². The van der Waals surface area contributed by atoms with E-state index in [1.807, 2.05) is 159 Å². The van der Waals surface area contributed by atoms with Gasteiger partial charge in [0.05, 0.1) is 21.1 Å². The SMILES string of the molecule is C.C/C(=N\O)C(=O)c1ccccc1.Cc1ccc(-c2[nH+]c(CCl)c(-c3ccccc3)o2)cc1.Cc1ccc(-c2[nH+]c(CI)c(-c3ccccc3)o2)cc1.Cc1ccc(-c2oc(-c3ccccc3)c(C)[n+]2[O-])cc1.Cc1ccc(C=O)cc1.Cl.O=P(Cl)(Cl)Cl. The minimum Gasteiger partial charge on any atom is -0.616 e. The van der Waals surface area contributed by atoms with E-state index in [0.29, 0.717) is 28.8 Å². The van der Waals surface area contributed by atoms with Crippen LogP contribution in [0.3, 0.4) is 0 Å². The molecule has 19 heteroatoms. The zero-order chi connectivity index (χ0) is 62.2. The van der Waals surface area contributed by atoms with Gasteiger partial charge in [-0.05, 0) is 105 Å². The number of oxime groups is 1. The molecule has 0 unspecified atom stereocenters. The van der Waals surface area contributed by atoms with Crippen LogP contribution in [-0.2, 0) is 14.9 Å². The summed E-state index contributed by atoms with van der Waals surface area (Å²) in [5, 5.41) is 20.2. The first-order chi connectivity index (χ1) is 41.3. The molecule has 0 fully saturated rings. The van der Waals surface area contributed by atoms with Crippen LogP contribution in [0.15, 0.2) is 237 Å². The van der Waals surface area contributed by atoms with Gasteiger partial charge in [0.25, 0.3) is 0 Å². The number of halogens is 6. The van der Waals surface area contributed by atoms with Crippen LogP contribution in [-0.4, -0.2) is 23.0 Å². The fourth-order valence-corrected chi connectivity index (χ4v) is 8.67. The summed E-state index contributed by atoms with van der Waals surface area (Å²) in [6, 6.07) is 70.3. The Morgan fingerprint density at radius 3 is 1.26 bits per heavy atom. The van der Waals surface area contributed by atoms with Crippen LogP contribution >= 0.6 is 85.5 Å². The Morgan fingerprint density at radius 1 is 0.557 bits per heavy atom. The van der Waals surface area contributed by atoms with Crippen LogP contribution in [0.4, 0.5) is 0 Å². The van der Waals surface area contributed by atoms with Crippen LogP contribution in [0.25, 0.3) is 68.3 Å². The highest BCUT2D eigenvalue weighted by molar-refractivity contribution is 14.1. The van der Waals surface area contributed by atoms with Gasteiger partial charge in [-0.2, -0.15) is 9.97 Å². The first-order valence-electron chi connectivity index (χ1n) is 26.6. The molecule has 88 heavy (non-hydrogen) atoms. The predicted octanol–water partition coefficient (Wildman–Crippen LogP) is 20.4. The van der Waals surface area contributed by atoms with E-state index in [-0.39, 0.29) is 31.3 Å². The highest BCUT2D eigenvalue weighted by Crippen LogP contribution is 2.61. The molecule has 0 radical (unpaired) electrons. The number of nitrogens with zero attached hydrogens (tertiary/aromatic N) is 2. The Morgan fingerprint density at radius 2 is 0.898 bits per heavy atom. The van der Waals surface area contributed by atoms with Crippen molar-refractivity contribution in [2.45, 2.75) is 59.3 Å². The van der Waals surface area contributed by atoms with Gasteiger partial charge in [-0.1, -0.05) is 239 Å². The molecule has 0 atom stereocenters. The van der Waals surface area contributed by atoms with E-state index in [2.05, 4.69) is 134 Å². The van der Waals surface area contributed by atoms with Crippen molar-refractivity contribution in [3.05, 3.63) is 274 Å². The minimum atomic E-state index is -3.22. The number of H-pyrrole nitrogens is 2. The van der Waals surface area contributed by atoms with Crippen molar-refractivity contribution in [3.8, 4) is 68.3 Å². The van der Waals surface area contributed by atoms with E-state index in [4.69, 9.17) is 30.1 Å². The van der Waals surface area contributed by atoms with Gasteiger partial charge < -0.3 is 23.7 Å². The molecule has 0 aliphatic carbocycles. The van der Waals surface area contributed by atoms with E-state index < -0.39 is 5.20 Å². The molecule has 0 saturated heterocycles. The monoisotopic (exact) mass is 1410 g/mol. The third-order valence-corrected chi connectivity index (χ3v) is 13.6. The fourth-order valence-electron chi connectivity index (χ4n) is 7.95. The lowest BCUT2D eigenvalue weighted by Crippen LogP contribution is -2.29. The summed E-state index contributed by atoms with van der Waals surface area (Å²) < 4.78 is 29.1. The molecule has 3 N–H and O–H groups in total. The summed E-state index contributed by atoms with van der Waals surface area (Å²) in [6.45, 7) is 11.4. The predicted molar refractivity (Wildman–Crippen MR) is 368 cm³/mol. The Bertz CT molecular complexity index is 3830. The Kier molecular flexibility index (Phi) is 30.4. The number of benzene rings is 8. The van der Waals surface area contributed by atoms with E-state index in [0.717, 1.165) is 94.6 Å². The quantitative estimate of drug-likeness (QED) is 0.0127. The number of rotatable bonds is 11. The van der Waals surface area contributed by atoms with Crippen LogP contribution < -0.4 is 14.7 Å². The van der Waals surface area contributed by atoms with Crippen molar-refractivity contribution >= 4 is 103 Å². The summed E-state index contributed by atoms with van der Waals surface area (Å²) in [5.74, 6) is 4.37. The van der Waals surface area contributed by atoms with Crippen molar-refractivity contribution in [2.24, 2.45) is 5.16 Å². The summed E-state index contributed by atoms with van der Waals surface area (Å²) in [4.78, 5) is 28.1. The van der Waals surface area contributed by atoms with Crippen molar-refractivity contribution < 1.29 is 47.3 Å². The van der Waals surface area contributed by atoms with Crippen LogP contribution in [0, 0.1) is 39.8 Å². The fraction of sp³-hybridized carbons (Fsp3) is 0.130. The Balaban J connectivity index is 0.000000235. The molecule has 0 aliphatic heterocycles. The molecule has 8 aromatic carbocycles. The summed E-state index contributed by atoms with van der Waals surface area (Å²) >= 11 is 22.2. The topological polar surface area (TPSA) is 178 Å². The molecule has 456 valence electrons. The zero-order valence-corrected chi connectivity index (χ0v) is 55.1. The van der Waals surface area contributed by atoms with Gasteiger partial charge in [0, 0.05) is 34.7 Å². The molecule has 3 aromatic heterocycles. The summed E-state index contributed by atoms with van der Waals surface area (Å²) in [6.07, 6.45) is 0.847. The largest absolute Gasteiger partial charge is 0.616 e. The van der Waals surface area contributed by atoms with Gasteiger partial charge in [-0.3, -0.25) is 14.2 Å². The molecule has 0 amide bonds. The lowest BCUT2D eigenvalue weighted by atomic mass is 10.1. The van der Waals surface area contributed by atoms with Crippen molar-refractivity contribution in [1.29, 1.82) is 0 Å². The number of aromatic nitrogens is 3. The number of hydrogen-bond donors (Lipinski definition) is 1. The third kappa shape index (κ3) is 22.5. The molecule has 11 aromatic rings. The number of carbonyl (C=O) groups excluding carboxylic acids is 2. The lowest BCUT2D eigenvalue weighted by molar-refractivity contribution is -0.602. The highest BCUT2D eigenvalue weighted by Gasteiger charge is 2.25. The van der Waals surface area contributed by atoms with E-state index >= 15 is 0 Å². The van der Waals surface area contributed by atoms with Crippen LogP contribution in [0.5, 0.6) is 0 Å². The molecule has 0 bridgehead atoms. The highest BCUT2D eigenvalue weighted by atomic mass is 127. The minimum absolute atomic E-state index is 0. The van der Waals surface area contributed by atoms with Crippen molar-refractivity contribution in [1.82, 2.24) is 0 Å². The number of hydrogen-bond acceptors (Lipinski definition) is 9. The maximum absolute atomic E-state index is 12.3. The normalized spacial score (nSPS) is 10.4. The third-order valence-electron chi connectivity index (χ3n) is 12.5. The number of aryl methyl sites for hydroxylation is 4. The molecular weight excluding hydrogens is 1350 g/mol. The van der Waals surface area contributed by atoms with Crippen molar-refractivity contribution in [3.63, 3.8) is 0 Å². The number of alkyl halides is 2. The molecule has 11 rings (SSSR count). The smallest absolute Gasteiger partial charge is 0.392 e. The van der Waals surface area contributed by atoms with Gasteiger partial charge in [0.15, 0.2) is 0 Å². The molecule has 3 heterocycles. The molecule has 0 saturated carbocycles. The number of nitrogens with one attached hydrogen (secondary N) is 2. The number of aldehydes is 1. The first kappa shape index (κ1) is 72.9. The zero-order valence-electron chi connectivity index (χ0n) is 48.2. The number of carbonyl (C=O) groups is 2. The number of ketones is 1. The van der Waals surface area contributed by atoms with Gasteiger partial charge >= 0.3 is 22.9 Å². The van der Waals surface area contributed by atoms with Crippen LogP contribution in [0.1, 0.15) is 74.4 Å². The lowest BCUT2D eigenvalue weighted by Gasteiger charge is -1.97. The molecule has 0 spiro atoms. The molecule has 12 nitrogen and oxygen atoms in total. The van der Waals surface area contributed by atoms with E-state index in [1.165, 1.54) is 23.6 Å². The standard InChI is InChI=1S/C17H14ClNO.C17H14INO.C17H15NO2.C9H9NO2.C8H8O.CH4.Cl3OP.ClH/c2*1-12-7-9-14(10-8-12)17-19-15(11-18)16(20-17)13-5-3-2-4-6-13;1-12-8-10-15(11-9-12)17-18(19)13(2)16(20-17)14-6-4-3-5-7-14;1-7(10-12)9(11)8-5-3-2-4-6-8;1-7-2-4-8(6-9)5-3-7;;1-5(2,3)4;/h2*2-10H,11H2,1H3;3-11H,1-2H3;2-6,12H,1H3;2-6H,1H3;1H4;;1H/p+2/b;;;10-7+;;;;. The molecule has 0 aliphatic rings. The summed E-state index contributed by atoms with van der Waals surface area (Å²) in [7, 11) is 0. The van der Waals surface area contributed by atoms with Gasteiger partial charge in [0.2, 0.25) is 40.1 Å². The number of Topliss-reactive ketones (excluding diaryl/α,β-unsaturated/α-hetero) is 1. The second-order valence-corrected chi connectivity index (χ2v) is 26.8. The van der Waals surface area contributed by atoms with Gasteiger partial charge in [-0.15, -0.1) is 28.7 Å². The van der Waals surface area contributed by atoms with Crippen molar-refractivity contribution in [2.75, 3.05) is 0 Å². The van der Waals surface area contributed by atoms with E-state index in [1.54, 1.807) is 31.2 Å². The van der Waals surface area contributed by atoms with Gasteiger partial charge in [-0.25, -0.2) is 0 Å². The van der Waals surface area contributed by atoms with E-state index in [9.17, 15) is 19.4 Å². The average molecular weight is 1420 g/mol. The first-order valence-corrected chi connectivity index (χ1v) is 33.1. The maximum atomic E-state index is 12.3. The second kappa shape index (κ2) is 36.7. The van der Waals surface area contributed by atoms with Gasteiger partial charge in [0.1, 0.15) is 17.9 Å². The second-order valence-electron chi connectivity index (χ2n) is 19.1. The number of aromatic amines is 2. The number of oxazole rings is 3. The Hall–Kier alpha value is -7.59. The van der Waals surface area contributed by atoms with Crippen LogP contribution in [0.2, 0.25) is 0 Å². The average Bonchev–Trinajstić information content (AvgIpc) is 4.41. The maximum Gasteiger partial charge on any atom is 0.392 e. The molecular formula is C69H67Cl5IN4O8P+2.